The van der Waals surface area contributed by atoms with E-state index < -0.39 is 0 Å². The summed E-state index contributed by atoms with van der Waals surface area (Å²) in [5.41, 5.74) is 1.84. The van der Waals surface area contributed by atoms with Crippen LogP contribution in [-0.4, -0.2) is 12.3 Å². The fourth-order valence-corrected chi connectivity index (χ4v) is 1.55. The number of benzene rings is 1. The van der Waals surface area contributed by atoms with E-state index in [1.54, 1.807) is 0 Å². The van der Waals surface area contributed by atoms with E-state index in [0.29, 0.717) is 12.4 Å². The molecular weight excluding hydrogens is 214 g/mol. The standard InChI is InChI=1S/C14H19NO2/c1-4-15-11(2)14(12(3)16)17-10-13-8-6-5-7-9-13/h5-9,15H,4,10H2,1-3H3/b14-11-. The highest BCUT2D eigenvalue weighted by atomic mass is 16.5. The number of ketones is 1. The van der Waals surface area contributed by atoms with Crippen LogP contribution < -0.4 is 5.32 Å². The largest absolute Gasteiger partial charge is 0.483 e. The third kappa shape index (κ3) is 4.31. The molecule has 0 aliphatic carbocycles. The Labute approximate surface area is 102 Å². The van der Waals surface area contributed by atoms with Crippen LogP contribution in [0, 0.1) is 0 Å². The van der Waals surface area contributed by atoms with Crippen LogP contribution in [0.2, 0.25) is 0 Å². The van der Waals surface area contributed by atoms with Crippen molar-refractivity contribution >= 4 is 5.78 Å². The molecule has 3 heteroatoms. The third-order valence-electron chi connectivity index (χ3n) is 2.33. The van der Waals surface area contributed by atoms with Gasteiger partial charge in [-0.25, -0.2) is 0 Å². The maximum Gasteiger partial charge on any atom is 0.196 e. The molecule has 17 heavy (non-hydrogen) atoms. The Balaban J connectivity index is 2.69. The molecule has 0 bridgehead atoms. The zero-order valence-electron chi connectivity index (χ0n) is 10.6. The van der Waals surface area contributed by atoms with Crippen molar-refractivity contribution in [3.63, 3.8) is 0 Å². The summed E-state index contributed by atoms with van der Waals surface area (Å²) in [6.07, 6.45) is 0. The van der Waals surface area contributed by atoms with E-state index in [-0.39, 0.29) is 5.78 Å². The highest BCUT2D eigenvalue weighted by Crippen LogP contribution is 2.09. The Kier molecular flexibility index (Phi) is 5.27. The fourth-order valence-electron chi connectivity index (χ4n) is 1.55. The summed E-state index contributed by atoms with van der Waals surface area (Å²) in [5.74, 6) is 0.357. The number of rotatable bonds is 6. The Hall–Kier alpha value is -1.77. The Morgan fingerprint density at radius 2 is 1.88 bits per heavy atom. The van der Waals surface area contributed by atoms with E-state index in [1.807, 2.05) is 44.2 Å². The smallest absolute Gasteiger partial charge is 0.196 e. The molecule has 0 radical (unpaired) electrons. The van der Waals surface area contributed by atoms with Gasteiger partial charge in [0.05, 0.1) is 5.70 Å². The van der Waals surface area contributed by atoms with Crippen LogP contribution in [-0.2, 0) is 16.1 Å². The van der Waals surface area contributed by atoms with Crippen molar-refractivity contribution in [3.8, 4) is 0 Å². The lowest BCUT2D eigenvalue weighted by Crippen LogP contribution is -2.16. The molecule has 1 N–H and O–H groups in total. The second kappa shape index (κ2) is 6.74. The number of carbonyl (C=O) groups excluding carboxylic acids is 1. The molecule has 0 saturated heterocycles. The Morgan fingerprint density at radius 3 is 2.41 bits per heavy atom. The van der Waals surface area contributed by atoms with Crippen LogP contribution in [0.4, 0.5) is 0 Å². The SMILES string of the molecule is CCN/C(C)=C(\OCc1ccccc1)C(C)=O. The lowest BCUT2D eigenvalue weighted by molar-refractivity contribution is -0.117. The molecule has 0 saturated carbocycles. The van der Waals surface area contributed by atoms with E-state index in [4.69, 9.17) is 4.74 Å². The molecular formula is C14H19NO2. The zero-order valence-corrected chi connectivity index (χ0v) is 10.6. The summed E-state index contributed by atoms with van der Waals surface area (Å²) in [7, 11) is 0. The number of allylic oxidation sites excluding steroid dienone is 2. The van der Waals surface area contributed by atoms with Gasteiger partial charge in [-0.2, -0.15) is 0 Å². The van der Waals surface area contributed by atoms with Crippen molar-refractivity contribution in [1.29, 1.82) is 0 Å². The number of nitrogens with one attached hydrogen (secondary N) is 1. The van der Waals surface area contributed by atoms with Gasteiger partial charge < -0.3 is 10.1 Å². The van der Waals surface area contributed by atoms with Gasteiger partial charge in [-0.15, -0.1) is 0 Å². The maximum atomic E-state index is 11.5. The quantitative estimate of drug-likeness (QED) is 0.606. The van der Waals surface area contributed by atoms with Crippen molar-refractivity contribution in [1.82, 2.24) is 5.32 Å². The molecule has 1 rings (SSSR count). The van der Waals surface area contributed by atoms with Crippen molar-refractivity contribution in [2.45, 2.75) is 27.4 Å². The van der Waals surface area contributed by atoms with E-state index >= 15 is 0 Å². The summed E-state index contributed by atoms with van der Waals surface area (Å²) in [4.78, 5) is 11.5. The molecule has 1 aromatic carbocycles. The second-order valence-electron chi connectivity index (χ2n) is 3.81. The summed E-state index contributed by atoms with van der Waals surface area (Å²) in [6, 6.07) is 9.80. The Bertz CT molecular complexity index is 396. The van der Waals surface area contributed by atoms with E-state index in [2.05, 4.69) is 5.32 Å². The summed E-state index contributed by atoms with van der Waals surface area (Å²) < 4.78 is 5.57. The van der Waals surface area contributed by atoms with Gasteiger partial charge in [0.25, 0.3) is 0 Å². The van der Waals surface area contributed by atoms with Gasteiger partial charge in [0.2, 0.25) is 0 Å². The molecule has 1 aromatic rings. The van der Waals surface area contributed by atoms with Gasteiger partial charge in [-0.3, -0.25) is 4.79 Å². The first kappa shape index (κ1) is 13.3. The van der Waals surface area contributed by atoms with Gasteiger partial charge in [-0.05, 0) is 19.4 Å². The molecule has 0 fully saturated rings. The molecule has 0 aliphatic heterocycles. The van der Waals surface area contributed by atoms with Crippen molar-refractivity contribution in [2.75, 3.05) is 6.54 Å². The van der Waals surface area contributed by atoms with E-state index in [9.17, 15) is 4.79 Å². The maximum absolute atomic E-state index is 11.5. The Morgan fingerprint density at radius 1 is 1.24 bits per heavy atom. The molecule has 0 unspecified atom stereocenters. The van der Waals surface area contributed by atoms with Crippen molar-refractivity contribution in [3.05, 3.63) is 47.4 Å². The van der Waals surface area contributed by atoms with Crippen LogP contribution in [0.5, 0.6) is 0 Å². The van der Waals surface area contributed by atoms with Crippen LogP contribution in [0.25, 0.3) is 0 Å². The molecule has 0 aliphatic rings. The second-order valence-corrected chi connectivity index (χ2v) is 3.81. The molecule has 0 amide bonds. The van der Waals surface area contributed by atoms with Crippen LogP contribution in [0.1, 0.15) is 26.3 Å². The minimum atomic E-state index is -0.0561. The number of hydrogen-bond donors (Lipinski definition) is 1. The summed E-state index contributed by atoms with van der Waals surface area (Å²) in [5, 5.41) is 3.10. The predicted octanol–water partition coefficient (Wildman–Crippen LogP) is 2.63. The van der Waals surface area contributed by atoms with Crippen LogP contribution >= 0.6 is 0 Å². The number of carbonyl (C=O) groups is 1. The number of hydrogen-bond acceptors (Lipinski definition) is 3. The molecule has 3 nitrogen and oxygen atoms in total. The molecule has 0 spiro atoms. The third-order valence-corrected chi connectivity index (χ3v) is 2.33. The van der Waals surface area contributed by atoms with Crippen molar-refractivity contribution < 1.29 is 9.53 Å². The number of ether oxygens (including phenoxy) is 1. The van der Waals surface area contributed by atoms with Gasteiger partial charge in [0.15, 0.2) is 11.5 Å². The van der Waals surface area contributed by atoms with E-state index in [0.717, 1.165) is 17.8 Å². The van der Waals surface area contributed by atoms with Gasteiger partial charge >= 0.3 is 0 Å². The fraction of sp³-hybridized carbons (Fsp3) is 0.357. The highest BCUT2D eigenvalue weighted by Gasteiger charge is 2.09. The van der Waals surface area contributed by atoms with Gasteiger partial charge in [0, 0.05) is 13.5 Å². The van der Waals surface area contributed by atoms with E-state index in [1.165, 1.54) is 6.92 Å². The van der Waals surface area contributed by atoms with Crippen LogP contribution in [0.15, 0.2) is 41.8 Å². The predicted molar refractivity (Wildman–Crippen MR) is 68.3 cm³/mol. The summed E-state index contributed by atoms with van der Waals surface area (Å²) in [6.45, 7) is 6.54. The van der Waals surface area contributed by atoms with Crippen LogP contribution in [0.3, 0.4) is 0 Å². The molecule has 0 aromatic heterocycles. The lowest BCUT2D eigenvalue weighted by Gasteiger charge is -2.12. The average molecular weight is 233 g/mol. The summed E-state index contributed by atoms with van der Waals surface area (Å²) >= 11 is 0. The topological polar surface area (TPSA) is 38.3 Å². The zero-order chi connectivity index (χ0) is 12.7. The molecule has 0 atom stereocenters. The highest BCUT2D eigenvalue weighted by molar-refractivity contribution is 5.91. The number of Topliss-reactive ketones (excluding diaryl/α,β-unsaturated/α-hetero) is 1. The average Bonchev–Trinajstić information content (AvgIpc) is 2.30. The van der Waals surface area contributed by atoms with Crippen molar-refractivity contribution in [2.24, 2.45) is 0 Å². The lowest BCUT2D eigenvalue weighted by atomic mass is 10.2. The minimum Gasteiger partial charge on any atom is -0.483 e. The molecule has 92 valence electrons. The minimum absolute atomic E-state index is 0.0561. The van der Waals surface area contributed by atoms with Gasteiger partial charge in [0.1, 0.15) is 6.61 Å². The first-order valence-electron chi connectivity index (χ1n) is 5.77. The van der Waals surface area contributed by atoms with Gasteiger partial charge in [-0.1, -0.05) is 30.3 Å². The molecule has 0 heterocycles. The normalized spacial score (nSPS) is 11.7. The first-order chi connectivity index (χ1) is 8.15. The first-order valence-corrected chi connectivity index (χ1v) is 5.77. The monoisotopic (exact) mass is 233 g/mol.